The molecule has 0 radical (unpaired) electrons. The Labute approximate surface area is 252 Å². The lowest BCUT2D eigenvalue weighted by Crippen LogP contribution is -2.59. The van der Waals surface area contributed by atoms with Crippen LogP contribution in [0.25, 0.3) is 0 Å². The van der Waals surface area contributed by atoms with E-state index in [1.807, 2.05) is 0 Å². The minimum Gasteiger partial charge on any atom is -0.413 e. The summed E-state index contributed by atoms with van der Waals surface area (Å²) in [5.41, 5.74) is 0.118. The molecule has 1 N–H and O–H groups in total. The SMILES string of the molecule is C[C@H](CC(=O)C(=O)C(C)(C)O)[C@H]1CC[C@@]2(C)[C@@H]3CC[C@H]4C(C)(C)[C@@H](O[Si](C)(C)C(C)(C)C)CC[C@@]45C[C@@]35CC[C@]12C. The van der Waals surface area contributed by atoms with Gasteiger partial charge in [0.25, 0.3) is 0 Å². The van der Waals surface area contributed by atoms with Crippen LogP contribution in [-0.2, 0) is 14.0 Å². The summed E-state index contributed by atoms with van der Waals surface area (Å²) in [7, 11) is -1.83. The van der Waals surface area contributed by atoms with Crippen LogP contribution in [0.3, 0.4) is 0 Å². The fourth-order valence-electron chi connectivity index (χ4n) is 11.9. The Bertz CT molecular complexity index is 1100. The number of hydrogen-bond acceptors (Lipinski definition) is 4. The van der Waals surface area contributed by atoms with E-state index in [2.05, 4.69) is 68.5 Å². The summed E-state index contributed by atoms with van der Waals surface area (Å²) in [5, 5.41) is 10.4. The van der Waals surface area contributed by atoms with E-state index < -0.39 is 25.5 Å². The van der Waals surface area contributed by atoms with Crippen molar-refractivity contribution in [2.24, 2.45) is 50.7 Å². The lowest BCUT2D eigenvalue weighted by atomic mass is 9.41. The third kappa shape index (κ3) is 4.31. The number of carbonyl (C=O) groups is 2. The number of ketones is 2. The van der Waals surface area contributed by atoms with Gasteiger partial charge in [-0.25, -0.2) is 0 Å². The molecule has 5 heteroatoms. The van der Waals surface area contributed by atoms with Gasteiger partial charge >= 0.3 is 0 Å². The second-order valence-electron chi connectivity index (χ2n) is 18.9. The van der Waals surface area contributed by atoms with E-state index in [9.17, 15) is 14.7 Å². The second-order valence-corrected chi connectivity index (χ2v) is 23.6. The van der Waals surface area contributed by atoms with Gasteiger partial charge in [0, 0.05) is 6.42 Å². The highest BCUT2D eigenvalue weighted by Gasteiger charge is 2.82. The maximum Gasteiger partial charge on any atom is 0.229 e. The fourth-order valence-corrected chi connectivity index (χ4v) is 13.4. The molecule has 0 aromatic carbocycles. The number of hydrogen-bond donors (Lipinski definition) is 1. The highest BCUT2D eigenvalue weighted by atomic mass is 28.4. The van der Waals surface area contributed by atoms with Crippen molar-refractivity contribution in [3.05, 3.63) is 0 Å². The molecule has 5 aliphatic rings. The van der Waals surface area contributed by atoms with Crippen molar-refractivity contribution < 1.29 is 19.1 Å². The summed E-state index contributed by atoms with van der Waals surface area (Å²) in [5.74, 6) is 1.12. The first-order valence-electron chi connectivity index (χ1n) is 17.0. The molecule has 0 bridgehead atoms. The zero-order valence-electron chi connectivity index (χ0n) is 28.6. The van der Waals surface area contributed by atoms with Gasteiger partial charge in [0.05, 0.1) is 6.10 Å². The number of fused-ring (bicyclic) bond motifs is 2. The van der Waals surface area contributed by atoms with Crippen molar-refractivity contribution in [2.75, 3.05) is 0 Å². The van der Waals surface area contributed by atoms with Gasteiger partial charge < -0.3 is 9.53 Å². The fraction of sp³-hybridized carbons (Fsp3) is 0.944. The van der Waals surface area contributed by atoms with Crippen molar-refractivity contribution in [2.45, 2.75) is 163 Å². The third-order valence-electron chi connectivity index (χ3n) is 15.4. The lowest BCUT2D eigenvalue weighted by molar-refractivity contribution is -0.160. The van der Waals surface area contributed by atoms with Crippen molar-refractivity contribution in [3.63, 3.8) is 0 Å². The predicted molar refractivity (Wildman–Crippen MR) is 169 cm³/mol. The topological polar surface area (TPSA) is 63.6 Å². The Kier molecular flexibility index (Phi) is 7.20. The van der Waals surface area contributed by atoms with Crippen LogP contribution in [0, 0.1) is 50.7 Å². The smallest absolute Gasteiger partial charge is 0.229 e. The zero-order chi connectivity index (χ0) is 30.8. The van der Waals surface area contributed by atoms with Gasteiger partial charge in [-0.05, 0) is 141 Å². The molecule has 0 heterocycles. The molecule has 5 aliphatic carbocycles. The highest BCUT2D eigenvalue weighted by molar-refractivity contribution is 6.74. The van der Waals surface area contributed by atoms with Gasteiger partial charge in [-0.3, -0.25) is 9.59 Å². The number of aliphatic hydroxyl groups is 1. The quantitative estimate of drug-likeness (QED) is 0.239. The van der Waals surface area contributed by atoms with E-state index in [1.54, 1.807) is 0 Å². The second kappa shape index (κ2) is 9.25. The van der Waals surface area contributed by atoms with Gasteiger partial charge in [-0.2, -0.15) is 0 Å². The van der Waals surface area contributed by atoms with Gasteiger partial charge in [0.15, 0.2) is 8.32 Å². The van der Waals surface area contributed by atoms with Crippen LogP contribution in [0.1, 0.15) is 133 Å². The predicted octanol–water partition coefficient (Wildman–Crippen LogP) is 8.75. The zero-order valence-corrected chi connectivity index (χ0v) is 29.6. The third-order valence-corrected chi connectivity index (χ3v) is 19.8. The Morgan fingerprint density at radius 3 is 2.02 bits per heavy atom. The molecule has 0 aromatic heterocycles. The van der Waals surface area contributed by atoms with Crippen LogP contribution in [0.5, 0.6) is 0 Å². The summed E-state index contributed by atoms with van der Waals surface area (Å²) < 4.78 is 7.19. The number of Topliss-reactive ketones (excluding diaryl/α,β-unsaturated/α-hetero) is 2. The Hall–Kier alpha value is -0.523. The van der Waals surface area contributed by atoms with Crippen LogP contribution < -0.4 is 0 Å². The molecule has 9 atom stereocenters. The minimum atomic E-state index is -1.83. The molecular formula is C36H62O4Si. The van der Waals surface area contributed by atoms with Crippen LogP contribution >= 0.6 is 0 Å². The van der Waals surface area contributed by atoms with E-state index >= 15 is 0 Å². The normalized spacial score (nSPS) is 44.2. The first-order chi connectivity index (χ1) is 18.5. The van der Waals surface area contributed by atoms with Crippen molar-refractivity contribution in [1.29, 1.82) is 0 Å². The summed E-state index contributed by atoms with van der Waals surface area (Å²) in [6, 6.07) is 0. The van der Waals surface area contributed by atoms with Crippen LogP contribution in [0.2, 0.25) is 18.1 Å². The molecule has 0 saturated heterocycles. The molecule has 4 nitrogen and oxygen atoms in total. The summed E-state index contributed by atoms with van der Waals surface area (Å²) in [4.78, 5) is 25.4. The molecule has 5 rings (SSSR count). The lowest BCUT2D eigenvalue weighted by Gasteiger charge is -2.64. The Balaban J connectivity index is 1.36. The first kappa shape index (κ1) is 31.9. The van der Waals surface area contributed by atoms with Gasteiger partial charge in [0.2, 0.25) is 11.6 Å². The molecular weight excluding hydrogens is 524 g/mol. The Morgan fingerprint density at radius 2 is 1.44 bits per heavy atom. The molecule has 0 amide bonds. The van der Waals surface area contributed by atoms with E-state index in [4.69, 9.17) is 4.43 Å². The summed E-state index contributed by atoms with van der Waals surface area (Å²) >= 11 is 0. The largest absolute Gasteiger partial charge is 0.413 e. The monoisotopic (exact) mass is 586 g/mol. The van der Waals surface area contributed by atoms with E-state index in [1.165, 1.54) is 65.2 Å². The molecule has 5 fully saturated rings. The van der Waals surface area contributed by atoms with E-state index in [0.29, 0.717) is 28.3 Å². The standard InChI is InChI=1S/C36H62O4Si/c1-23(21-25(37)29(38)32(7,8)39)24-15-17-34(10)27-14-13-26-31(5,6)28(40-41(11,12)30(2,3)4)16-18-35(26)22-36(27,35)20-19-33(24,34)9/h23-24,26-28,39H,13-22H2,1-12H3/t23-,24-,26+,27+,28+,33-,34+,35-,36+/m1/s1. The van der Waals surface area contributed by atoms with Crippen molar-refractivity contribution >= 4 is 19.9 Å². The summed E-state index contributed by atoms with van der Waals surface area (Å²) in [6.45, 7) is 27.3. The van der Waals surface area contributed by atoms with E-state index in [-0.39, 0.29) is 28.2 Å². The van der Waals surface area contributed by atoms with Crippen LogP contribution in [0.4, 0.5) is 0 Å². The van der Waals surface area contributed by atoms with Crippen molar-refractivity contribution in [1.82, 2.24) is 0 Å². The first-order valence-corrected chi connectivity index (χ1v) is 19.9. The summed E-state index contributed by atoms with van der Waals surface area (Å²) in [6.07, 6.45) is 12.3. The maximum atomic E-state index is 12.9. The van der Waals surface area contributed by atoms with E-state index in [0.717, 1.165) is 18.3 Å². The van der Waals surface area contributed by atoms with Gasteiger partial charge in [-0.1, -0.05) is 55.4 Å². The maximum absolute atomic E-state index is 12.9. The average Bonchev–Trinajstić information content (AvgIpc) is 3.41. The van der Waals surface area contributed by atoms with Crippen LogP contribution in [0.15, 0.2) is 0 Å². The molecule has 0 unspecified atom stereocenters. The van der Waals surface area contributed by atoms with Crippen molar-refractivity contribution in [3.8, 4) is 0 Å². The van der Waals surface area contributed by atoms with Gasteiger partial charge in [-0.15, -0.1) is 0 Å². The molecule has 234 valence electrons. The molecule has 0 aromatic rings. The number of rotatable bonds is 7. The molecule has 2 spiro atoms. The van der Waals surface area contributed by atoms with Crippen LogP contribution in [-0.4, -0.2) is 36.7 Å². The molecule has 5 saturated carbocycles. The Morgan fingerprint density at radius 1 is 0.854 bits per heavy atom. The molecule has 0 aliphatic heterocycles. The average molecular weight is 587 g/mol. The highest BCUT2D eigenvalue weighted by Crippen LogP contribution is 2.89. The molecule has 41 heavy (non-hydrogen) atoms. The minimum absolute atomic E-state index is 0.168. The number of carbonyl (C=O) groups excluding carboxylic acids is 2. The van der Waals surface area contributed by atoms with Gasteiger partial charge in [0.1, 0.15) is 5.60 Å².